The van der Waals surface area contributed by atoms with Crippen LogP contribution in [0.3, 0.4) is 0 Å². The summed E-state index contributed by atoms with van der Waals surface area (Å²) in [6.07, 6.45) is -2.45. The number of alkyl halides is 2. The Bertz CT molecular complexity index is 413. The molecule has 0 bridgehead atoms. The van der Waals surface area contributed by atoms with Gasteiger partial charge in [0.25, 0.3) is 6.43 Å². The van der Waals surface area contributed by atoms with E-state index in [4.69, 9.17) is 0 Å². The molecule has 0 spiro atoms. The Kier molecular flexibility index (Phi) is 6.21. The van der Waals surface area contributed by atoms with Crippen molar-refractivity contribution in [2.45, 2.75) is 19.8 Å². The monoisotopic (exact) mass is 321 g/mol. The van der Waals surface area contributed by atoms with Gasteiger partial charge in [-0.25, -0.2) is 8.78 Å². The zero-order chi connectivity index (χ0) is 13.5. The minimum Gasteiger partial charge on any atom is -0.375 e. The van der Waals surface area contributed by atoms with Gasteiger partial charge in [0.2, 0.25) is 5.91 Å². The second-order valence-corrected chi connectivity index (χ2v) is 4.53. The first kappa shape index (κ1) is 15.0. The molecule has 0 aliphatic rings. The number of amides is 1. The summed E-state index contributed by atoms with van der Waals surface area (Å²) < 4.78 is 29.1. The fourth-order valence-corrected chi connectivity index (χ4v) is 1.66. The highest BCUT2D eigenvalue weighted by Gasteiger charge is 2.07. The van der Waals surface area contributed by atoms with Crippen molar-refractivity contribution in [1.29, 1.82) is 0 Å². The summed E-state index contributed by atoms with van der Waals surface area (Å²) in [5.41, 5.74) is 1.61. The summed E-state index contributed by atoms with van der Waals surface area (Å²) in [5.74, 6) is -0.259. The molecule has 0 radical (unpaired) electrons. The molecule has 1 rings (SSSR count). The number of hydrogen-bond acceptors (Lipinski definition) is 2. The van der Waals surface area contributed by atoms with Gasteiger partial charge >= 0.3 is 0 Å². The lowest BCUT2D eigenvalue weighted by molar-refractivity contribution is -0.117. The van der Waals surface area contributed by atoms with Gasteiger partial charge in [0.15, 0.2) is 0 Å². The van der Waals surface area contributed by atoms with Crippen LogP contribution in [-0.2, 0) is 9.53 Å². The van der Waals surface area contributed by atoms with E-state index in [0.29, 0.717) is 5.69 Å². The predicted molar refractivity (Wildman–Crippen MR) is 68.9 cm³/mol. The molecule has 0 fully saturated rings. The van der Waals surface area contributed by atoms with Crippen LogP contribution in [0, 0.1) is 6.92 Å². The molecule has 100 valence electrons. The molecular formula is C12H14BrF2NO2. The fraction of sp³-hybridized carbons (Fsp3) is 0.417. The Morgan fingerprint density at radius 1 is 1.50 bits per heavy atom. The van der Waals surface area contributed by atoms with Crippen molar-refractivity contribution in [2.24, 2.45) is 0 Å². The first-order valence-electron chi connectivity index (χ1n) is 5.41. The average Bonchev–Trinajstić information content (AvgIpc) is 2.30. The molecule has 0 unspecified atom stereocenters. The molecule has 0 aliphatic carbocycles. The van der Waals surface area contributed by atoms with Gasteiger partial charge in [0, 0.05) is 10.2 Å². The van der Waals surface area contributed by atoms with Crippen molar-refractivity contribution in [3.63, 3.8) is 0 Å². The van der Waals surface area contributed by atoms with Gasteiger partial charge in [0.1, 0.15) is 6.61 Å². The summed E-state index contributed by atoms with van der Waals surface area (Å²) in [7, 11) is 0. The molecule has 0 atom stereocenters. The molecule has 0 saturated carbocycles. The average molecular weight is 322 g/mol. The number of carbonyl (C=O) groups excluding carboxylic acids is 1. The number of hydrogen-bond donors (Lipinski definition) is 1. The third-order valence-corrected chi connectivity index (χ3v) is 3.12. The third kappa shape index (κ3) is 5.10. The van der Waals surface area contributed by atoms with Crippen LogP contribution >= 0.6 is 15.9 Å². The molecule has 0 aromatic heterocycles. The molecule has 0 saturated heterocycles. The summed E-state index contributed by atoms with van der Waals surface area (Å²) in [6, 6.07) is 5.45. The highest BCUT2D eigenvalue weighted by molar-refractivity contribution is 9.10. The van der Waals surface area contributed by atoms with Crippen molar-refractivity contribution >= 4 is 27.5 Å². The summed E-state index contributed by atoms with van der Waals surface area (Å²) >= 11 is 3.36. The highest BCUT2D eigenvalue weighted by atomic mass is 79.9. The van der Waals surface area contributed by atoms with Gasteiger partial charge in [-0.15, -0.1) is 0 Å². The Balaban J connectivity index is 2.38. The molecule has 1 aromatic rings. The Hall–Kier alpha value is -1.01. The first-order valence-corrected chi connectivity index (χ1v) is 6.21. The smallest absolute Gasteiger partial charge is 0.261 e. The Morgan fingerprint density at radius 2 is 2.22 bits per heavy atom. The number of ether oxygens (including phenoxy) is 1. The molecule has 1 N–H and O–H groups in total. The zero-order valence-corrected chi connectivity index (χ0v) is 11.5. The van der Waals surface area contributed by atoms with E-state index in [0.717, 1.165) is 10.0 Å². The molecular weight excluding hydrogens is 308 g/mol. The van der Waals surface area contributed by atoms with Crippen LogP contribution in [-0.4, -0.2) is 25.5 Å². The lowest BCUT2D eigenvalue weighted by Gasteiger charge is -2.09. The van der Waals surface area contributed by atoms with Crippen molar-refractivity contribution < 1.29 is 18.3 Å². The van der Waals surface area contributed by atoms with Gasteiger partial charge in [-0.05, 0) is 24.6 Å². The topological polar surface area (TPSA) is 38.3 Å². The number of carbonyl (C=O) groups is 1. The second-order valence-electron chi connectivity index (χ2n) is 3.68. The fourth-order valence-electron chi connectivity index (χ4n) is 1.29. The third-order valence-electron chi connectivity index (χ3n) is 2.26. The largest absolute Gasteiger partial charge is 0.375 e. The van der Waals surface area contributed by atoms with Crippen LogP contribution in [0.4, 0.5) is 14.5 Å². The van der Waals surface area contributed by atoms with Gasteiger partial charge in [0.05, 0.1) is 13.0 Å². The standard InChI is InChI=1S/C12H14BrF2NO2/c1-8-9(13)3-2-4-10(8)16-12(17)5-6-18-7-11(14)15/h2-4,11H,5-7H2,1H3,(H,16,17). The predicted octanol–water partition coefficient (Wildman–Crippen LogP) is 3.37. The summed E-state index contributed by atoms with van der Waals surface area (Å²) in [4.78, 5) is 11.5. The maximum atomic E-state index is 11.8. The van der Waals surface area contributed by atoms with E-state index in [2.05, 4.69) is 26.0 Å². The second kappa shape index (κ2) is 7.43. The lowest BCUT2D eigenvalue weighted by atomic mass is 10.2. The molecule has 1 aromatic carbocycles. The van der Waals surface area contributed by atoms with E-state index in [9.17, 15) is 13.6 Å². The van der Waals surface area contributed by atoms with E-state index >= 15 is 0 Å². The van der Waals surface area contributed by atoms with Crippen LogP contribution in [0.25, 0.3) is 0 Å². The summed E-state index contributed by atoms with van der Waals surface area (Å²) in [6.45, 7) is 1.22. The van der Waals surface area contributed by atoms with Crippen molar-refractivity contribution in [3.05, 3.63) is 28.2 Å². The van der Waals surface area contributed by atoms with Crippen molar-refractivity contribution in [2.75, 3.05) is 18.5 Å². The normalized spacial score (nSPS) is 10.7. The summed E-state index contributed by atoms with van der Waals surface area (Å²) in [5, 5.41) is 2.70. The van der Waals surface area contributed by atoms with Crippen LogP contribution in [0.15, 0.2) is 22.7 Å². The number of benzene rings is 1. The maximum Gasteiger partial charge on any atom is 0.261 e. The molecule has 3 nitrogen and oxygen atoms in total. The Morgan fingerprint density at radius 3 is 2.89 bits per heavy atom. The highest BCUT2D eigenvalue weighted by Crippen LogP contribution is 2.23. The molecule has 18 heavy (non-hydrogen) atoms. The van der Waals surface area contributed by atoms with E-state index in [1.54, 1.807) is 12.1 Å². The van der Waals surface area contributed by atoms with Crippen molar-refractivity contribution in [3.8, 4) is 0 Å². The molecule has 1 amide bonds. The number of rotatable bonds is 6. The van der Waals surface area contributed by atoms with Crippen LogP contribution < -0.4 is 5.32 Å². The van der Waals surface area contributed by atoms with Gasteiger partial charge in [-0.1, -0.05) is 22.0 Å². The van der Waals surface area contributed by atoms with Crippen LogP contribution in [0.5, 0.6) is 0 Å². The van der Waals surface area contributed by atoms with Crippen LogP contribution in [0.1, 0.15) is 12.0 Å². The van der Waals surface area contributed by atoms with E-state index in [-0.39, 0.29) is 18.9 Å². The molecule has 0 aliphatic heterocycles. The minimum atomic E-state index is -2.50. The Labute approximate surface area is 113 Å². The van der Waals surface area contributed by atoms with E-state index in [1.165, 1.54) is 0 Å². The number of anilines is 1. The van der Waals surface area contributed by atoms with E-state index < -0.39 is 13.0 Å². The van der Waals surface area contributed by atoms with Crippen molar-refractivity contribution in [1.82, 2.24) is 0 Å². The molecule has 6 heteroatoms. The van der Waals surface area contributed by atoms with Gasteiger partial charge in [-0.3, -0.25) is 4.79 Å². The number of halogens is 3. The van der Waals surface area contributed by atoms with E-state index in [1.807, 2.05) is 13.0 Å². The first-order chi connectivity index (χ1) is 8.50. The number of nitrogens with one attached hydrogen (secondary N) is 1. The van der Waals surface area contributed by atoms with Gasteiger partial charge in [-0.2, -0.15) is 0 Å². The zero-order valence-electron chi connectivity index (χ0n) is 9.88. The maximum absolute atomic E-state index is 11.8. The minimum absolute atomic E-state index is 0.0107. The SMILES string of the molecule is Cc1c(Br)cccc1NC(=O)CCOCC(F)F. The molecule has 0 heterocycles. The lowest BCUT2D eigenvalue weighted by Crippen LogP contribution is -2.16. The van der Waals surface area contributed by atoms with Crippen LogP contribution in [0.2, 0.25) is 0 Å². The van der Waals surface area contributed by atoms with Gasteiger partial charge < -0.3 is 10.1 Å². The quantitative estimate of drug-likeness (QED) is 0.816.